The van der Waals surface area contributed by atoms with Crippen LogP contribution in [0.2, 0.25) is 0 Å². The quantitative estimate of drug-likeness (QED) is 0.276. The van der Waals surface area contributed by atoms with Gasteiger partial charge in [0.25, 0.3) is 0 Å². The maximum atomic E-state index is 11.8. The van der Waals surface area contributed by atoms with Gasteiger partial charge in [0.15, 0.2) is 15.8 Å². The molecule has 0 aromatic heterocycles. The highest BCUT2D eigenvalue weighted by molar-refractivity contribution is 14.0. The number of halogens is 1. The molecule has 142 valence electrons. The Morgan fingerprint density at radius 2 is 1.92 bits per heavy atom. The minimum Gasteiger partial charge on any atom is -0.356 e. The van der Waals surface area contributed by atoms with Crippen molar-refractivity contribution >= 4 is 45.7 Å². The van der Waals surface area contributed by atoms with Gasteiger partial charge < -0.3 is 16.0 Å². The first kappa shape index (κ1) is 23.4. The predicted octanol–water partition coefficient (Wildman–Crippen LogP) is 0.899. The van der Waals surface area contributed by atoms with Gasteiger partial charge in [0, 0.05) is 32.6 Å². The number of rotatable bonds is 8. The molecule has 1 rings (SSSR count). The Bertz CT molecular complexity index is 507. The first-order chi connectivity index (χ1) is 10.9. The van der Waals surface area contributed by atoms with Crippen LogP contribution in [-0.4, -0.2) is 58.0 Å². The molecule has 9 heteroatoms. The molecular weight excluding hydrogens is 443 g/mol. The summed E-state index contributed by atoms with van der Waals surface area (Å²) in [5, 5.41) is 9.14. The molecule has 1 aliphatic rings. The molecule has 1 atom stereocenters. The maximum Gasteiger partial charge on any atom is 0.222 e. The van der Waals surface area contributed by atoms with Crippen LogP contribution < -0.4 is 16.0 Å². The van der Waals surface area contributed by atoms with Crippen LogP contribution in [0.1, 0.15) is 39.5 Å². The highest BCUT2D eigenvalue weighted by Crippen LogP contribution is 2.11. The van der Waals surface area contributed by atoms with E-state index in [4.69, 9.17) is 0 Å². The van der Waals surface area contributed by atoms with Crippen molar-refractivity contribution in [3.8, 4) is 0 Å². The third-order valence-electron chi connectivity index (χ3n) is 4.18. The second-order valence-corrected chi connectivity index (χ2v) is 8.21. The number of nitrogens with zero attached hydrogens (tertiary/aromatic N) is 1. The second-order valence-electron chi connectivity index (χ2n) is 5.98. The van der Waals surface area contributed by atoms with Gasteiger partial charge in [0.1, 0.15) is 0 Å². The van der Waals surface area contributed by atoms with Gasteiger partial charge >= 0.3 is 0 Å². The molecule has 1 amide bonds. The van der Waals surface area contributed by atoms with Gasteiger partial charge in [-0.25, -0.2) is 8.42 Å². The molecule has 0 aromatic carbocycles. The SMILES string of the molecule is CCC(CC)CNC(=NC)NCCC(=O)NC1CCS(=O)(=O)C1.I. The molecular formula is C15H31IN4O3S. The largest absolute Gasteiger partial charge is 0.356 e. The fourth-order valence-corrected chi connectivity index (χ4v) is 4.22. The third kappa shape index (κ3) is 9.05. The Kier molecular flexibility index (Phi) is 11.6. The summed E-state index contributed by atoms with van der Waals surface area (Å²) < 4.78 is 22.7. The average Bonchev–Trinajstić information content (AvgIpc) is 2.85. The lowest BCUT2D eigenvalue weighted by atomic mass is 10.0. The van der Waals surface area contributed by atoms with Crippen molar-refractivity contribution in [3.63, 3.8) is 0 Å². The topological polar surface area (TPSA) is 99.7 Å². The highest BCUT2D eigenvalue weighted by Gasteiger charge is 2.28. The van der Waals surface area contributed by atoms with Crippen LogP contribution in [0.25, 0.3) is 0 Å². The van der Waals surface area contributed by atoms with Gasteiger partial charge in [-0.3, -0.25) is 9.79 Å². The van der Waals surface area contributed by atoms with Crippen molar-refractivity contribution in [1.29, 1.82) is 0 Å². The molecule has 1 unspecified atom stereocenters. The van der Waals surface area contributed by atoms with Crippen LogP contribution >= 0.6 is 24.0 Å². The number of nitrogens with one attached hydrogen (secondary N) is 3. The van der Waals surface area contributed by atoms with Crippen molar-refractivity contribution in [2.24, 2.45) is 10.9 Å². The molecule has 24 heavy (non-hydrogen) atoms. The Morgan fingerprint density at radius 1 is 1.25 bits per heavy atom. The van der Waals surface area contributed by atoms with Crippen LogP contribution in [-0.2, 0) is 14.6 Å². The molecule has 0 aliphatic carbocycles. The van der Waals surface area contributed by atoms with Gasteiger partial charge in [-0.05, 0) is 12.3 Å². The average molecular weight is 474 g/mol. The molecule has 1 aliphatic heterocycles. The Morgan fingerprint density at radius 3 is 2.42 bits per heavy atom. The summed E-state index contributed by atoms with van der Waals surface area (Å²) in [6.07, 6.45) is 3.04. The summed E-state index contributed by atoms with van der Waals surface area (Å²) in [5.41, 5.74) is 0. The van der Waals surface area contributed by atoms with Gasteiger partial charge in [-0.1, -0.05) is 26.7 Å². The van der Waals surface area contributed by atoms with Crippen molar-refractivity contribution < 1.29 is 13.2 Å². The normalized spacial score (nSPS) is 19.7. The number of aliphatic imine (C=N–C) groups is 1. The second kappa shape index (κ2) is 11.9. The van der Waals surface area contributed by atoms with E-state index in [-0.39, 0.29) is 47.4 Å². The van der Waals surface area contributed by atoms with Crippen LogP contribution in [0.3, 0.4) is 0 Å². The Balaban J connectivity index is 0.00000529. The Labute approximate surface area is 162 Å². The van der Waals surface area contributed by atoms with Crippen molar-refractivity contribution in [1.82, 2.24) is 16.0 Å². The van der Waals surface area contributed by atoms with E-state index in [1.165, 1.54) is 0 Å². The summed E-state index contributed by atoms with van der Waals surface area (Å²) in [6.45, 7) is 5.66. The van der Waals surface area contributed by atoms with E-state index < -0.39 is 9.84 Å². The minimum absolute atomic E-state index is 0. The molecule has 0 bridgehead atoms. The number of amides is 1. The number of carbonyl (C=O) groups is 1. The van der Waals surface area contributed by atoms with Crippen molar-refractivity contribution in [2.75, 3.05) is 31.6 Å². The summed E-state index contributed by atoms with van der Waals surface area (Å²) in [4.78, 5) is 16.0. The van der Waals surface area contributed by atoms with E-state index in [0.29, 0.717) is 31.3 Å². The molecule has 0 radical (unpaired) electrons. The first-order valence-electron chi connectivity index (χ1n) is 8.34. The van der Waals surface area contributed by atoms with E-state index in [1.807, 2.05) is 0 Å². The van der Waals surface area contributed by atoms with E-state index >= 15 is 0 Å². The molecule has 7 nitrogen and oxygen atoms in total. The fraction of sp³-hybridized carbons (Fsp3) is 0.867. The molecule has 0 saturated carbocycles. The zero-order valence-corrected chi connectivity index (χ0v) is 17.9. The van der Waals surface area contributed by atoms with Crippen LogP contribution in [0.4, 0.5) is 0 Å². The Hall–Kier alpha value is -0.580. The lowest BCUT2D eigenvalue weighted by Crippen LogP contribution is -2.42. The van der Waals surface area contributed by atoms with Gasteiger partial charge in [-0.2, -0.15) is 0 Å². The van der Waals surface area contributed by atoms with E-state index in [1.54, 1.807) is 7.05 Å². The van der Waals surface area contributed by atoms with Gasteiger partial charge in [-0.15, -0.1) is 24.0 Å². The van der Waals surface area contributed by atoms with E-state index in [2.05, 4.69) is 34.8 Å². The predicted molar refractivity (Wildman–Crippen MR) is 109 cm³/mol. The number of hydrogen-bond donors (Lipinski definition) is 3. The van der Waals surface area contributed by atoms with Gasteiger partial charge in [0.05, 0.1) is 11.5 Å². The summed E-state index contributed by atoms with van der Waals surface area (Å²) in [5.74, 6) is 1.40. The molecule has 3 N–H and O–H groups in total. The maximum absolute atomic E-state index is 11.8. The monoisotopic (exact) mass is 474 g/mol. The third-order valence-corrected chi connectivity index (χ3v) is 5.95. The van der Waals surface area contributed by atoms with Crippen molar-refractivity contribution in [2.45, 2.75) is 45.6 Å². The van der Waals surface area contributed by atoms with Gasteiger partial charge in [0.2, 0.25) is 5.91 Å². The lowest BCUT2D eigenvalue weighted by Gasteiger charge is -2.17. The lowest BCUT2D eigenvalue weighted by molar-refractivity contribution is -0.121. The van der Waals surface area contributed by atoms with Crippen LogP contribution in [0, 0.1) is 5.92 Å². The van der Waals surface area contributed by atoms with E-state index in [0.717, 1.165) is 19.4 Å². The number of hydrogen-bond acceptors (Lipinski definition) is 4. The summed E-state index contributed by atoms with van der Waals surface area (Å²) in [6, 6.07) is -0.236. The zero-order chi connectivity index (χ0) is 17.3. The summed E-state index contributed by atoms with van der Waals surface area (Å²) >= 11 is 0. The number of guanidine groups is 1. The molecule has 1 fully saturated rings. The standard InChI is InChI=1S/C15H30N4O3S.HI/c1-4-12(5-2)10-18-15(16-3)17-8-6-14(20)19-13-7-9-23(21,22)11-13;/h12-13H,4-11H2,1-3H3,(H,19,20)(H2,16,17,18);1H. The number of sulfone groups is 1. The molecule has 0 aromatic rings. The molecule has 1 saturated heterocycles. The first-order valence-corrected chi connectivity index (χ1v) is 10.2. The zero-order valence-electron chi connectivity index (χ0n) is 14.8. The minimum atomic E-state index is -2.96. The highest BCUT2D eigenvalue weighted by atomic mass is 127. The van der Waals surface area contributed by atoms with E-state index in [9.17, 15) is 13.2 Å². The molecule has 1 heterocycles. The van der Waals surface area contributed by atoms with Crippen LogP contribution in [0.15, 0.2) is 4.99 Å². The van der Waals surface area contributed by atoms with Crippen LogP contribution in [0.5, 0.6) is 0 Å². The fourth-order valence-electron chi connectivity index (χ4n) is 2.54. The van der Waals surface area contributed by atoms with Crippen molar-refractivity contribution in [3.05, 3.63) is 0 Å². The molecule has 0 spiro atoms. The summed E-state index contributed by atoms with van der Waals surface area (Å²) in [7, 11) is -1.26. The number of carbonyl (C=O) groups excluding carboxylic acids is 1. The smallest absolute Gasteiger partial charge is 0.222 e.